The van der Waals surface area contributed by atoms with Crippen molar-refractivity contribution < 1.29 is 27.5 Å². The second-order valence-electron chi connectivity index (χ2n) is 7.55. The highest BCUT2D eigenvalue weighted by atomic mass is 19.3. The van der Waals surface area contributed by atoms with Crippen LogP contribution in [0.4, 0.5) is 29.3 Å². The number of halogens is 3. The number of hydrazine groups is 1. The summed E-state index contributed by atoms with van der Waals surface area (Å²) in [7, 11) is 0. The van der Waals surface area contributed by atoms with Gasteiger partial charge in [0.1, 0.15) is 11.9 Å². The van der Waals surface area contributed by atoms with Gasteiger partial charge in [0.2, 0.25) is 0 Å². The molecule has 11 heteroatoms. The van der Waals surface area contributed by atoms with Gasteiger partial charge in [-0.15, -0.1) is 0 Å². The van der Waals surface area contributed by atoms with Crippen molar-refractivity contribution >= 4 is 23.4 Å². The van der Waals surface area contributed by atoms with Crippen molar-refractivity contribution in [2.75, 3.05) is 62.2 Å². The van der Waals surface area contributed by atoms with E-state index in [1.54, 1.807) is 12.1 Å². The van der Waals surface area contributed by atoms with Gasteiger partial charge in [-0.3, -0.25) is 9.69 Å². The van der Waals surface area contributed by atoms with E-state index < -0.39 is 30.3 Å². The summed E-state index contributed by atoms with van der Waals surface area (Å²) < 4.78 is 44.5. The highest BCUT2D eigenvalue weighted by Crippen LogP contribution is 2.29. The first-order chi connectivity index (χ1) is 14.4. The predicted molar refractivity (Wildman–Crippen MR) is 103 cm³/mol. The Bertz CT molecular complexity index is 798. The van der Waals surface area contributed by atoms with Crippen molar-refractivity contribution in [1.29, 1.82) is 0 Å². The average molecular weight is 427 g/mol. The molecular weight excluding hydrogens is 403 g/mol. The number of nitrogens with one attached hydrogen (secondary N) is 1. The number of hydrogen-bond acceptors (Lipinski definition) is 6. The smallest absolute Gasteiger partial charge is 0.414 e. The Hall–Kier alpha value is -2.53. The highest BCUT2D eigenvalue weighted by Gasteiger charge is 2.34. The molecule has 0 bridgehead atoms. The van der Waals surface area contributed by atoms with E-state index in [0.717, 1.165) is 32.6 Å². The minimum absolute atomic E-state index is 0.0365. The maximum absolute atomic E-state index is 14.9. The second-order valence-corrected chi connectivity index (χ2v) is 7.55. The molecule has 0 unspecified atom stereocenters. The van der Waals surface area contributed by atoms with Gasteiger partial charge in [-0.25, -0.2) is 19.2 Å². The molecule has 0 radical (unpaired) electrons. The summed E-state index contributed by atoms with van der Waals surface area (Å²) in [6.07, 6.45) is -3.47. The van der Waals surface area contributed by atoms with Crippen molar-refractivity contribution in [2.45, 2.75) is 19.0 Å². The molecule has 1 aromatic rings. The van der Waals surface area contributed by atoms with Crippen LogP contribution in [0.25, 0.3) is 0 Å². The lowest BCUT2D eigenvalue weighted by molar-refractivity contribution is -0.132. The molecule has 3 heterocycles. The third kappa shape index (κ3) is 4.31. The number of ether oxygens (including phenoxy) is 1. The van der Waals surface area contributed by atoms with Gasteiger partial charge in [-0.1, -0.05) is 0 Å². The average Bonchev–Trinajstić information content (AvgIpc) is 3.27. The monoisotopic (exact) mass is 427 g/mol. The van der Waals surface area contributed by atoms with Crippen LogP contribution in [0, 0.1) is 5.82 Å². The first-order valence-corrected chi connectivity index (χ1v) is 10.0. The van der Waals surface area contributed by atoms with Crippen molar-refractivity contribution in [3.63, 3.8) is 0 Å². The van der Waals surface area contributed by atoms with Crippen LogP contribution in [0.5, 0.6) is 0 Å². The molecule has 0 saturated carbocycles. The van der Waals surface area contributed by atoms with Gasteiger partial charge >= 0.3 is 12.5 Å². The van der Waals surface area contributed by atoms with E-state index in [0.29, 0.717) is 24.5 Å². The zero-order valence-electron chi connectivity index (χ0n) is 16.4. The fourth-order valence-corrected chi connectivity index (χ4v) is 4.10. The lowest BCUT2D eigenvalue weighted by Gasteiger charge is -2.24. The minimum Gasteiger partial charge on any atom is -0.442 e. The van der Waals surface area contributed by atoms with Crippen LogP contribution < -0.4 is 15.1 Å². The molecule has 30 heavy (non-hydrogen) atoms. The summed E-state index contributed by atoms with van der Waals surface area (Å²) in [6, 6.07) is 4.57. The number of amides is 2. The zero-order chi connectivity index (χ0) is 21.3. The summed E-state index contributed by atoms with van der Waals surface area (Å²) in [5.41, 5.74) is 0.803. The largest absolute Gasteiger partial charge is 0.442 e. The Balaban J connectivity index is 1.39. The Labute approximate surface area is 172 Å². The number of carbonyl (C=O) groups is 2. The lowest BCUT2D eigenvalue weighted by Crippen LogP contribution is -2.37. The minimum atomic E-state index is -3.13. The van der Waals surface area contributed by atoms with Gasteiger partial charge in [0.15, 0.2) is 0 Å². The quantitative estimate of drug-likeness (QED) is 0.764. The number of rotatable bonds is 5. The highest BCUT2D eigenvalue weighted by molar-refractivity contribution is 5.90. The van der Waals surface area contributed by atoms with E-state index in [2.05, 4.69) is 10.0 Å². The van der Waals surface area contributed by atoms with Crippen molar-refractivity contribution in [2.24, 2.45) is 0 Å². The van der Waals surface area contributed by atoms with Crippen molar-refractivity contribution in [3.8, 4) is 0 Å². The second kappa shape index (κ2) is 8.68. The van der Waals surface area contributed by atoms with Crippen LogP contribution in [0.2, 0.25) is 0 Å². The number of nitrogens with zero attached hydrogens (tertiary/aromatic N) is 4. The first kappa shape index (κ1) is 20.7. The molecule has 2 amide bonds. The van der Waals surface area contributed by atoms with Crippen LogP contribution in [0.15, 0.2) is 18.2 Å². The summed E-state index contributed by atoms with van der Waals surface area (Å²) in [4.78, 5) is 26.3. The van der Waals surface area contributed by atoms with Gasteiger partial charge in [0, 0.05) is 39.3 Å². The normalized spacial score (nSPS) is 22.9. The molecule has 0 spiro atoms. The molecule has 1 N–H and O–H groups in total. The van der Waals surface area contributed by atoms with Crippen LogP contribution in [-0.4, -0.2) is 86.9 Å². The topological polar surface area (TPSA) is 68.4 Å². The number of cyclic esters (lactones) is 1. The first-order valence-electron chi connectivity index (χ1n) is 10.0. The maximum atomic E-state index is 14.9. The SMILES string of the molecule is O=C(NC[C@H]1CN(c2ccc(N3CCN4CCCN4CC3)c(F)c2)C(=O)O1)C(F)F. The molecule has 3 saturated heterocycles. The van der Waals surface area contributed by atoms with Gasteiger partial charge < -0.3 is 15.0 Å². The molecule has 8 nitrogen and oxygen atoms in total. The predicted octanol–water partition coefficient (Wildman–Crippen LogP) is 1.27. The molecule has 3 aliphatic rings. The Morgan fingerprint density at radius 2 is 1.83 bits per heavy atom. The molecule has 4 rings (SSSR count). The van der Waals surface area contributed by atoms with Crippen LogP contribution >= 0.6 is 0 Å². The fraction of sp³-hybridized carbons (Fsp3) is 0.579. The molecule has 0 aliphatic carbocycles. The Kier molecular flexibility index (Phi) is 6.00. The van der Waals surface area contributed by atoms with E-state index in [1.807, 2.05) is 10.2 Å². The van der Waals surface area contributed by atoms with Crippen molar-refractivity contribution in [1.82, 2.24) is 15.3 Å². The van der Waals surface area contributed by atoms with E-state index in [-0.39, 0.29) is 13.1 Å². The lowest BCUT2D eigenvalue weighted by atomic mass is 10.2. The number of carbonyl (C=O) groups excluding carboxylic acids is 2. The van der Waals surface area contributed by atoms with Crippen LogP contribution in [-0.2, 0) is 9.53 Å². The molecular formula is C19H24F3N5O3. The number of hydrogen-bond donors (Lipinski definition) is 1. The maximum Gasteiger partial charge on any atom is 0.414 e. The summed E-state index contributed by atoms with van der Waals surface area (Å²) in [6.45, 7) is 4.98. The summed E-state index contributed by atoms with van der Waals surface area (Å²) in [5.74, 6) is -1.86. The Morgan fingerprint density at radius 3 is 2.47 bits per heavy atom. The van der Waals surface area contributed by atoms with E-state index in [1.165, 1.54) is 11.0 Å². The molecule has 1 atom stereocenters. The number of alkyl halides is 2. The fourth-order valence-electron chi connectivity index (χ4n) is 4.10. The molecule has 0 aromatic heterocycles. The third-order valence-corrected chi connectivity index (χ3v) is 5.65. The van der Waals surface area contributed by atoms with Crippen LogP contribution in [0.1, 0.15) is 6.42 Å². The molecule has 3 aliphatic heterocycles. The molecule has 164 valence electrons. The third-order valence-electron chi connectivity index (χ3n) is 5.65. The van der Waals surface area contributed by atoms with Crippen LogP contribution in [0.3, 0.4) is 0 Å². The van der Waals surface area contributed by atoms with E-state index in [9.17, 15) is 22.8 Å². The van der Waals surface area contributed by atoms with Gasteiger partial charge in [-0.05, 0) is 24.6 Å². The summed E-state index contributed by atoms with van der Waals surface area (Å²) >= 11 is 0. The molecule has 1 aromatic carbocycles. The summed E-state index contributed by atoms with van der Waals surface area (Å²) in [5, 5.41) is 6.63. The van der Waals surface area contributed by atoms with Gasteiger partial charge in [0.05, 0.1) is 24.5 Å². The standard InChI is InChI=1S/C19H24F3N5O3/c20-15-10-13(27-12-14(30-19(27)29)11-23-18(28)17(21)22)2-3-16(15)24-6-8-25-4-1-5-26(25)9-7-24/h2-3,10,14,17H,1,4-9,11-12H2,(H,23,28)/t14-/m0/s1. The van der Waals surface area contributed by atoms with E-state index in [4.69, 9.17) is 4.74 Å². The number of anilines is 2. The zero-order valence-corrected chi connectivity index (χ0v) is 16.4. The van der Waals surface area contributed by atoms with Crippen molar-refractivity contribution in [3.05, 3.63) is 24.0 Å². The number of benzene rings is 1. The number of fused-ring (bicyclic) bond motifs is 1. The van der Waals surface area contributed by atoms with Gasteiger partial charge in [-0.2, -0.15) is 8.78 Å². The van der Waals surface area contributed by atoms with Gasteiger partial charge in [0.25, 0.3) is 5.91 Å². The van der Waals surface area contributed by atoms with E-state index >= 15 is 0 Å². The Morgan fingerprint density at radius 1 is 1.13 bits per heavy atom. The molecule has 3 fully saturated rings.